The van der Waals surface area contributed by atoms with Crippen molar-refractivity contribution in [3.63, 3.8) is 0 Å². The van der Waals surface area contributed by atoms with Gasteiger partial charge in [-0.25, -0.2) is 0 Å². The number of fused-ring (bicyclic) bond motifs is 1. The summed E-state index contributed by atoms with van der Waals surface area (Å²) in [6.45, 7) is 4.96. The third kappa shape index (κ3) is 1.53. The van der Waals surface area contributed by atoms with E-state index >= 15 is 0 Å². The van der Waals surface area contributed by atoms with Crippen LogP contribution in [0.25, 0.3) is 0 Å². The van der Waals surface area contributed by atoms with Gasteiger partial charge in [0, 0.05) is 13.1 Å². The highest BCUT2D eigenvalue weighted by molar-refractivity contribution is 5.02. The van der Waals surface area contributed by atoms with Gasteiger partial charge in [-0.3, -0.25) is 4.90 Å². The highest BCUT2D eigenvalue weighted by Crippen LogP contribution is 2.16. The summed E-state index contributed by atoms with van der Waals surface area (Å²) in [5, 5.41) is 8.33. The van der Waals surface area contributed by atoms with Gasteiger partial charge in [0.2, 0.25) is 0 Å². The van der Waals surface area contributed by atoms with Crippen LogP contribution in [0.2, 0.25) is 0 Å². The first-order valence-corrected chi connectivity index (χ1v) is 5.08. The Labute approximate surface area is 83.9 Å². The second-order valence-corrected chi connectivity index (χ2v) is 3.88. The molecular formula is C9H17N5. The van der Waals surface area contributed by atoms with E-state index in [1.807, 2.05) is 0 Å². The third-order valence-corrected chi connectivity index (χ3v) is 2.74. The van der Waals surface area contributed by atoms with Crippen molar-refractivity contribution in [1.82, 2.24) is 19.7 Å². The maximum atomic E-state index is 5.96. The van der Waals surface area contributed by atoms with E-state index in [2.05, 4.69) is 33.6 Å². The first kappa shape index (κ1) is 9.61. The highest BCUT2D eigenvalue weighted by Gasteiger charge is 2.21. The number of likely N-dealkylation sites (N-methyl/N-ethyl adjacent to an activating group) is 1. The largest absolute Gasteiger partial charge is 0.321 e. The summed E-state index contributed by atoms with van der Waals surface area (Å²) < 4.78 is 2.16. The van der Waals surface area contributed by atoms with Crippen LogP contribution in [0.15, 0.2) is 0 Å². The van der Waals surface area contributed by atoms with Crippen LogP contribution in [0.4, 0.5) is 0 Å². The zero-order valence-corrected chi connectivity index (χ0v) is 8.77. The van der Waals surface area contributed by atoms with Gasteiger partial charge in [-0.15, -0.1) is 10.2 Å². The molecule has 2 heterocycles. The minimum atomic E-state index is 0.0275. The normalized spacial score (nSPS) is 19.4. The van der Waals surface area contributed by atoms with Crippen molar-refractivity contribution in [2.45, 2.75) is 32.5 Å². The van der Waals surface area contributed by atoms with E-state index in [1.165, 1.54) is 0 Å². The van der Waals surface area contributed by atoms with E-state index in [4.69, 9.17) is 5.73 Å². The van der Waals surface area contributed by atoms with E-state index in [-0.39, 0.29) is 6.04 Å². The van der Waals surface area contributed by atoms with Gasteiger partial charge in [0.05, 0.1) is 12.6 Å². The number of hydrogen-bond acceptors (Lipinski definition) is 4. The van der Waals surface area contributed by atoms with Crippen molar-refractivity contribution >= 4 is 0 Å². The number of rotatable bonds is 2. The predicted molar refractivity (Wildman–Crippen MR) is 53.6 cm³/mol. The molecule has 0 amide bonds. The Balaban J connectivity index is 2.28. The molecule has 0 spiro atoms. The molecule has 78 valence electrons. The molecule has 14 heavy (non-hydrogen) atoms. The summed E-state index contributed by atoms with van der Waals surface area (Å²) in [4.78, 5) is 2.24. The molecule has 0 bridgehead atoms. The van der Waals surface area contributed by atoms with Gasteiger partial charge in [0.15, 0.2) is 0 Å². The van der Waals surface area contributed by atoms with Crippen LogP contribution in [0.3, 0.4) is 0 Å². The van der Waals surface area contributed by atoms with Crippen molar-refractivity contribution in [3.05, 3.63) is 11.6 Å². The molecule has 1 aliphatic rings. The lowest BCUT2D eigenvalue weighted by Gasteiger charge is -2.24. The quantitative estimate of drug-likeness (QED) is 0.729. The zero-order valence-electron chi connectivity index (χ0n) is 8.77. The highest BCUT2D eigenvalue weighted by atomic mass is 15.3. The Bertz CT molecular complexity index is 319. The molecule has 0 fully saturated rings. The molecule has 1 aromatic heterocycles. The fourth-order valence-electron chi connectivity index (χ4n) is 1.76. The van der Waals surface area contributed by atoms with Crippen LogP contribution in [-0.2, 0) is 13.1 Å². The van der Waals surface area contributed by atoms with Gasteiger partial charge >= 0.3 is 0 Å². The Morgan fingerprint density at radius 3 is 2.93 bits per heavy atom. The Hall–Kier alpha value is -0.940. The van der Waals surface area contributed by atoms with Gasteiger partial charge < -0.3 is 10.3 Å². The minimum absolute atomic E-state index is 0.0275. The number of hydrogen-bond donors (Lipinski definition) is 1. The maximum Gasteiger partial charge on any atom is 0.150 e. The van der Waals surface area contributed by atoms with E-state index in [0.717, 1.165) is 37.7 Å². The second kappa shape index (κ2) is 3.67. The van der Waals surface area contributed by atoms with E-state index in [0.29, 0.717) is 0 Å². The zero-order chi connectivity index (χ0) is 10.1. The summed E-state index contributed by atoms with van der Waals surface area (Å²) in [5.74, 6) is 1.98. The number of nitrogens with two attached hydrogens (primary N) is 1. The Morgan fingerprint density at radius 1 is 1.43 bits per heavy atom. The molecule has 1 aromatic rings. The van der Waals surface area contributed by atoms with E-state index in [1.54, 1.807) is 0 Å². The molecule has 0 radical (unpaired) electrons. The van der Waals surface area contributed by atoms with Crippen molar-refractivity contribution in [3.8, 4) is 0 Å². The van der Waals surface area contributed by atoms with Gasteiger partial charge in [0.25, 0.3) is 0 Å². The fraction of sp³-hybridized carbons (Fsp3) is 0.778. The summed E-state index contributed by atoms with van der Waals surface area (Å²) >= 11 is 0. The summed E-state index contributed by atoms with van der Waals surface area (Å²) in [7, 11) is 2.09. The molecule has 1 atom stereocenters. The van der Waals surface area contributed by atoms with Gasteiger partial charge in [-0.05, 0) is 13.5 Å². The Kier molecular flexibility index (Phi) is 2.52. The summed E-state index contributed by atoms with van der Waals surface area (Å²) in [5.41, 5.74) is 5.96. The van der Waals surface area contributed by atoms with Gasteiger partial charge in [0.1, 0.15) is 11.6 Å². The first-order chi connectivity index (χ1) is 6.72. The summed E-state index contributed by atoms with van der Waals surface area (Å²) in [6.07, 6.45) is 0.911. The van der Waals surface area contributed by atoms with Crippen LogP contribution in [0, 0.1) is 0 Å². The van der Waals surface area contributed by atoms with Crippen molar-refractivity contribution in [2.24, 2.45) is 5.73 Å². The van der Waals surface area contributed by atoms with Gasteiger partial charge in [-0.1, -0.05) is 6.92 Å². The topological polar surface area (TPSA) is 60.0 Å². The van der Waals surface area contributed by atoms with Crippen molar-refractivity contribution < 1.29 is 0 Å². The lowest BCUT2D eigenvalue weighted by molar-refractivity contribution is 0.260. The molecule has 0 aliphatic carbocycles. The molecule has 2 N–H and O–H groups in total. The molecule has 1 aliphatic heterocycles. The van der Waals surface area contributed by atoms with Crippen molar-refractivity contribution in [1.29, 1.82) is 0 Å². The minimum Gasteiger partial charge on any atom is -0.321 e. The average Bonchev–Trinajstić information content (AvgIpc) is 2.59. The third-order valence-electron chi connectivity index (χ3n) is 2.74. The molecule has 0 aromatic carbocycles. The molecular weight excluding hydrogens is 178 g/mol. The van der Waals surface area contributed by atoms with Crippen LogP contribution in [-0.4, -0.2) is 33.3 Å². The van der Waals surface area contributed by atoms with Crippen LogP contribution in [0.1, 0.15) is 31.0 Å². The molecule has 5 heteroatoms. The Morgan fingerprint density at radius 2 is 2.21 bits per heavy atom. The first-order valence-electron chi connectivity index (χ1n) is 5.08. The molecule has 1 unspecified atom stereocenters. The standard InChI is InChI=1S/C9H17N5/c1-3-7(10)9-12-11-8-6-13(2)4-5-14(8)9/h7H,3-6,10H2,1-2H3. The summed E-state index contributed by atoms with van der Waals surface area (Å²) in [6, 6.07) is 0.0275. The number of nitrogens with zero attached hydrogens (tertiary/aromatic N) is 4. The van der Waals surface area contributed by atoms with E-state index < -0.39 is 0 Å². The fourth-order valence-corrected chi connectivity index (χ4v) is 1.76. The van der Waals surface area contributed by atoms with E-state index in [9.17, 15) is 0 Å². The van der Waals surface area contributed by atoms with Crippen molar-refractivity contribution in [2.75, 3.05) is 13.6 Å². The predicted octanol–water partition coefficient (Wildman–Crippen LogP) is 0.133. The van der Waals surface area contributed by atoms with Crippen LogP contribution < -0.4 is 5.73 Å². The molecule has 0 saturated heterocycles. The lowest BCUT2D eigenvalue weighted by atomic mass is 10.2. The number of aromatic nitrogens is 3. The van der Waals surface area contributed by atoms with Gasteiger partial charge in [-0.2, -0.15) is 0 Å². The molecule has 2 rings (SSSR count). The SMILES string of the molecule is CCC(N)c1nnc2n1CCN(C)C2. The smallest absolute Gasteiger partial charge is 0.150 e. The second-order valence-electron chi connectivity index (χ2n) is 3.88. The van der Waals surface area contributed by atoms with Crippen LogP contribution >= 0.6 is 0 Å². The molecule has 0 saturated carbocycles. The average molecular weight is 195 g/mol. The molecule has 5 nitrogen and oxygen atoms in total. The lowest BCUT2D eigenvalue weighted by Crippen LogP contribution is -2.32. The maximum absolute atomic E-state index is 5.96. The van der Waals surface area contributed by atoms with Crippen LogP contribution in [0.5, 0.6) is 0 Å². The monoisotopic (exact) mass is 195 g/mol.